The number of piperazine rings is 1. The molecule has 9 atom stereocenters. The third kappa shape index (κ3) is 11.1. The second-order valence-electron chi connectivity index (χ2n) is 21.6. The van der Waals surface area contributed by atoms with E-state index >= 15 is 0 Å². The van der Waals surface area contributed by atoms with Crippen molar-refractivity contribution >= 4 is 40.2 Å². The van der Waals surface area contributed by atoms with Crippen LogP contribution in [-0.2, 0) is 23.8 Å². The molecular formula is C54H77N7O12. The number of Topliss-reactive ketones (excluding diaryl/α,β-unsaturated/α-hetero) is 1. The highest BCUT2D eigenvalue weighted by Crippen LogP contribution is 2.50. The number of allylic oxidation sites excluding steroid dienone is 2. The van der Waals surface area contributed by atoms with Gasteiger partial charge in [-0.2, -0.15) is 0 Å². The molecule has 1 spiro atoms. The van der Waals surface area contributed by atoms with Crippen molar-refractivity contribution in [3.8, 4) is 17.2 Å². The molecule has 2 aromatic carbocycles. The number of ether oxygens (including phenoxy) is 4. The summed E-state index contributed by atoms with van der Waals surface area (Å²) < 4.78 is 24.9. The van der Waals surface area contributed by atoms with Crippen LogP contribution in [0.5, 0.6) is 17.2 Å². The summed E-state index contributed by atoms with van der Waals surface area (Å²) in [6, 6.07) is 0. The van der Waals surface area contributed by atoms with Crippen molar-refractivity contribution in [1.82, 2.24) is 19.6 Å². The number of piperidine rings is 1. The Kier molecular flexibility index (Phi) is 16.7. The fraction of sp³-hybridized carbons (Fsp3) is 0.630. The van der Waals surface area contributed by atoms with Crippen LogP contribution in [0.25, 0.3) is 10.8 Å². The molecule has 73 heavy (non-hydrogen) atoms. The number of fused-ring (bicyclic) bond motifs is 13. The van der Waals surface area contributed by atoms with Crippen molar-refractivity contribution in [2.24, 2.45) is 39.6 Å². The largest absolute Gasteiger partial charge is 0.507 e. The molecule has 0 saturated carbocycles. The monoisotopic (exact) mass is 1020 g/mol. The number of likely N-dealkylation sites (tertiary alicyclic amines) is 1. The molecule has 19 heteroatoms. The molecule has 6 aliphatic rings. The first-order chi connectivity index (χ1) is 34.4. The minimum Gasteiger partial charge on any atom is -0.507 e. The standard InChI is InChI=1S/C54H77N7O12/c1-29(2)28-59-21-18-54(19-22-59)56-41-38-39-46(65)35(8)49-40(38)50(67)53(9,73-49)71-27-17-36(70-12)32(5)48(72-52(69)61-25-23-60(24-26-61)37(62)16-20-58(10)11)34(7)45(64)33(6)44(63)30(3)14-13-15-31(4)51(68)55-43(47(39)66)42(41)57-54/h13-15,17,27,29-30,32-34,36,44-45,48,63-66H,16,18-26,28H2,1-12H3,(H,55,68)/b14-13+,27-17+,31-15-/t30-,32+,33+,34+,36-,44-,45+,48+,53-/m0/s1. The predicted molar refractivity (Wildman–Crippen MR) is 274 cm³/mol. The zero-order valence-electron chi connectivity index (χ0n) is 44.6. The highest BCUT2D eigenvalue weighted by Gasteiger charge is 2.50. The van der Waals surface area contributed by atoms with Gasteiger partial charge in [0, 0.05) is 126 Å². The molecule has 8 rings (SSSR count). The van der Waals surface area contributed by atoms with Crippen molar-refractivity contribution < 1.29 is 58.6 Å². The van der Waals surface area contributed by atoms with E-state index in [1.165, 1.54) is 25.2 Å². The summed E-state index contributed by atoms with van der Waals surface area (Å²) in [4.78, 5) is 73.9. The maximum Gasteiger partial charge on any atom is 0.410 e. The van der Waals surface area contributed by atoms with Crippen LogP contribution in [0.3, 0.4) is 0 Å². The first kappa shape index (κ1) is 55.2. The molecule has 0 aliphatic carbocycles. The lowest BCUT2D eigenvalue weighted by Gasteiger charge is -2.40. The number of ketones is 1. The maximum absolute atomic E-state index is 15.0. The minimum atomic E-state index is -2.01. The summed E-state index contributed by atoms with van der Waals surface area (Å²) in [5.41, 5.74) is -0.658. The van der Waals surface area contributed by atoms with Gasteiger partial charge in [0.05, 0.1) is 40.9 Å². The van der Waals surface area contributed by atoms with E-state index in [1.807, 2.05) is 19.0 Å². The van der Waals surface area contributed by atoms with E-state index in [9.17, 15) is 39.6 Å². The third-order valence-electron chi connectivity index (χ3n) is 15.5. The van der Waals surface area contributed by atoms with Crippen LogP contribution < -0.4 is 20.8 Å². The van der Waals surface area contributed by atoms with Crippen LogP contribution in [0.4, 0.5) is 10.5 Å². The summed E-state index contributed by atoms with van der Waals surface area (Å²) in [5.74, 6) is -6.34. The van der Waals surface area contributed by atoms with E-state index in [0.717, 1.165) is 6.54 Å². The number of hydrogen-bond donors (Lipinski definition) is 5. The number of anilines is 1. The lowest BCUT2D eigenvalue weighted by molar-refractivity contribution is -0.133. The van der Waals surface area contributed by atoms with Crippen molar-refractivity contribution in [2.75, 3.05) is 78.9 Å². The van der Waals surface area contributed by atoms with E-state index in [4.69, 9.17) is 28.9 Å². The van der Waals surface area contributed by atoms with Gasteiger partial charge in [-0.1, -0.05) is 59.8 Å². The van der Waals surface area contributed by atoms with Crippen LogP contribution in [0.15, 0.2) is 46.1 Å². The Balaban J connectivity index is 1.29. The molecule has 6 heterocycles. The van der Waals surface area contributed by atoms with Crippen LogP contribution >= 0.6 is 0 Å². The van der Waals surface area contributed by atoms with Gasteiger partial charge < -0.3 is 64.3 Å². The van der Waals surface area contributed by atoms with Gasteiger partial charge in [-0.3, -0.25) is 24.4 Å². The van der Waals surface area contributed by atoms with Gasteiger partial charge in [0.1, 0.15) is 28.6 Å². The molecule has 2 aromatic rings. The molecule has 0 radical (unpaired) electrons. The van der Waals surface area contributed by atoms with Gasteiger partial charge in [-0.05, 0) is 39.9 Å². The summed E-state index contributed by atoms with van der Waals surface area (Å²) in [6.45, 7) is 20.0. The number of nitrogens with zero attached hydrogens (tertiary/aromatic N) is 6. The van der Waals surface area contributed by atoms with E-state index < -0.39 is 83.1 Å². The van der Waals surface area contributed by atoms with Crippen LogP contribution in [0.2, 0.25) is 0 Å². The molecule has 5 bridgehead atoms. The average molecular weight is 1020 g/mol. The number of benzene rings is 2. The summed E-state index contributed by atoms with van der Waals surface area (Å²) in [5, 5.41) is 51.1. The second-order valence-corrected chi connectivity index (χ2v) is 21.6. The topological polar surface area (TPSA) is 236 Å². The Morgan fingerprint density at radius 3 is 2.16 bits per heavy atom. The Morgan fingerprint density at radius 2 is 1.53 bits per heavy atom. The highest BCUT2D eigenvalue weighted by molar-refractivity contribution is 6.19. The fourth-order valence-electron chi connectivity index (χ4n) is 10.8. The number of rotatable bonds is 7. The predicted octanol–water partition coefficient (Wildman–Crippen LogP) is 4.42. The SMILES string of the molecule is CO[C@H]1/C=C/O[C@@]2(C)Oc3c(C)c(O)c4c(O)c(c5c(c4c3C2=O)=NC2(CCN(CC(C)C)CC2)N=5)NC(=O)/C(C)=C\C=C\[C@H](C)[C@H](O)[C@@H](C)[C@@H](O)[C@@H](C)[C@H](OC(=O)N2CCN(C(=O)CCN(C)C)CC2)[C@@H]1C. The number of methoxy groups -OCH3 is 1. The van der Waals surface area contributed by atoms with Gasteiger partial charge in [-0.15, -0.1) is 0 Å². The molecule has 3 amide bonds. The zero-order valence-corrected chi connectivity index (χ0v) is 44.6. The molecular weight excluding hydrogens is 939 g/mol. The average Bonchev–Trinajstić information content (AvgIpc) is 3.86. The lowest BCUT2D eigenvalue weighted by Crippen LogP contribution is -2.53. The van der Waals surface area contributed by atoms with Crippen molar-refractivity contribution in [1.29, 1.82) is 0 Å². The Hall–Kier alpha value is -5.60. The number of aromatic hydroxyl groups is 2. The molecule has 2 fully saturated rings. The summed E-state index contributed by atoms with van der Waals surface area (Å²) in [7, 11) is 5.27. The number of phenols is 2. The van der Waals surface area contributed by atoms with Gasteiger partial charge in [0.25, 0.3) is 11.7 Å². The van der Waals surface area contributed by atoms with Crippen LogP contribution in [0, 0.1) is 36.5 Å². The molecule has 19 nitrogen and oxygen atoms in total. The van der Waals surface area contributed by atoms with E-state index in [2.05, 4.69) is 24.1 Å². The van der Waals surface area contributed by atoms with Crippen molar-refractivity contribution in [2.45, 2.75) is 117 Å². The van der Waals surface area contributed by atoms with Gasteiger partial charge >= 0.3 is 11.9 Å². The van der Waals surface area contributed by atoms with E-state index in [1.54, 1.807) is 70.7 Å². The first-order valence-corrected chi connectivity index (χ1v) is 25.7. The quantitative estimate of drug-likeness (QED) is 0.242. The number of carbonyl (C=O) groups is 4. The van der Waals surface area contributed by atoms with Crippen LogP contribution in [-0.4, -0.2) is 173 Å². The number of phenolic OH excluding ortho intramolecular Hbond substituents is 2. The summed E-state index contributed by atoms with van der Waals surface area (Å²) >= 11 is 0. The molecule has 6 aliphatic heterocycles. The molecule has 2 saturated heterocycles. The highest BCUT2D eigenvalue weighted by atomic mass is 16.7. The molecule has 5 N–H and O–H groups in total. The van der Waals surface area contributed by atoms with Gasteiger partial charge in [0.15, 0.2) is 11.4 Å². The number of carbonyl (C=O) groups excluding carboxylic acids is 4. The first-order valence-electron chi connectivity index (χ1n) is 25.7. The molecule has 0 aromatic heterocycles. The Labute approximate surface area is 428 Å². The number of aliphatic hydroxyl groups is 2. The summed E-state index contributed by atoms with van der Waals surface area (Å²) in [6.07, 6.45) is 4.37. The van der Waals surface area contributed by atoms with Gasteiger partial charge in [0.2, 0.25) is 5.91 Å². The number of hydrogen-bond acceptors (Lipinski definition) is 16. The number of nitrogens with one attached hydrogen (secondary N) is 1. The zero-order chi connectivity index (χ0) is 53.4. The van der Waals surface area contributed by atoms with Crippen molar-refractivity contribution in [3.63, 3.8) is 0 Å². The molecule has 400 valence electrons. The lowest BCUT2D eigenvalue weighted by atomic mass is 9.78. The Morgan fingerprint density at radius 1 is 0.890 bits per heavy atom. The number of amides is 3. The smallest absolute Gasteiger partial charge is 0.410 e. The van der Waals surface area contributed by atoms with Crippen molar-refractivity contribution in [3.05, 3.63) is 58.0 Å². The number of aliphatic hydroxyl groups excluding tert-OH is 2. The molecule has 0 unspecified atom stereocenters. The second kappa shape index (κ2) is 22.1. The third-order valence-corrected chi connectivity index (χ3v) is 15.5. The van der Waals surface area contributed by atoms with Crippen LogP contribution in [0.1, 0.15) is 90.6 Å². The fourth-order valence-corrected chi connectivity index (χ4v) is 10.8. The van der Waals surface area contributed by atoms with Gasteiger partial charge in [-0.25, -0.2) is 4.79 Å². The minimum absolute atomic E-state index is 0.00246. The van der Waals surface area contributed by atoms with E-state index in [-0.39, 0.29) is 74.4 Å². The normalized spacial score (nSPS) is 30.6. The van der Waals surface area contributed by atoms with E-state index in [0.29, 0.717) is 57.9 Å². The Bertz CT molecular complexity index is 2670. The maximum atomic E-state index is 15.0.